The van der Waals surface area contributed by atoms with Crippen LogP contribution in [0.1, 0.15) is 19.8 Å². The van der Waals surface area contributed by atoms with Gasteiger partial charge in [0.2, 0.25) is 5.91 Å². The molecule has 0 saturated carbocycles. The molecule has 108 valence electrons. The van der Waals surface area contributed by atoms with E-state index >= 15 is 0 Å². The Balaban J connectivity index is 1.86. The molecule has 2 saturated heterocycles. The van der Waals surface area contributed by atoms with Crippen LogP contribution in [0.2, 0.25) is 0 Å². The second-order valence-electron chi connectivity index (χ2n) is 4.87. The minimum absolute atomic E-state index is 0.0829. The maximum atomic E-state index is 12.2. The van der Waals surface area contributed by atoms with Crippen molar-refractivity contribution in [3.8, 4) is 0 Å². The van der Waals surface area contributed by atoms with Gasteiger partial charge < -0.3 is 14.4 Å². The third-order valence-electron chi connectivity index (χ3n) is 3.62. The first-order valence-electron chi connectivity index (χ1n) is 6.98. The van der Waals surface area contributed by atoms with E-state index in [1.54, 1.807) is 6.92 Å². The Hall–Kier alpha value is -1.14. The first-order valence-corrected chi connectivity index (χ1v) is 6.98. The molecule has 0 aromatic carbocycles. The maximum absolute atomic E-state index is 12.2. The molecule has 0 bridgehead atoms. The van der Waals surface area contributed by atoms with Crippen LogP contribution in [0, 0.1) is 0 Å². The van der Waals surface area contributed by atoms with Crippen molar-refractivity contribution >= 4 is 11.9 Å². The van der Waals surface area contributed by atoms with Gasteiger partial charge in [-0.25, -0.2) is 0 Å². The lowest BCUT2D eigenvalue weighted by Crippen LogP contribution is -2.48. The van der Waals surface area contributed by atoms with Crippen molar-refractivity contribution in [1.82, 2.24) is 9.80 Å². The summed E-state index contributed by atoms with van der Waals surface area (Å²) in [5.74, 6) is -0.116. The molecule has 1 amide bonds. The average molecular weight is 270 g/mol. The molecule has 6 heteroatoms. The highest BCUT2D eigenvalue weighted by atomic mass is 16.5. The summed E-state index contributed by atoms with van der Waals surface area (Å²) in [6, 6.07) is -0.245. The first-order chi connectivity index (χ1) is 9.22. The van der Waals surface area contributed by atoms with Crippen LogP contribution in [-0.4, -0.2) is 73.7 Å². The zero-order chi connectivity index (χ0) is 13.7. The Kier molecular flexibility index (Phi) is 5.15. The van der Waals surface area contributed by atoms with E-state index in [0.29, 0.717) is 39.5 Å². The Morgan fingerprint density at radius 1 is 1.26 bits per heavy atom. The molecule has 6 nitrogen and oxygen atoms in total. The SMILES string of the molecule is CCOC(=O)C1CCCN1CC(=O)N1CCOCC1. The van der Waals surface area contributed by atoms with Crippen molar-refractivity contribution in [3.05, 3.63) is 0 Å². The van der Waals surface area contributed by atoms with E-state index in [-0.39, 0.29) is 17.9 Å². The lowest BCUT2D eigenvalue weighted by atomic mass is 10.2. The number of morpholine rings is 1. The Labute approximate surface area is 113 Å². The van der Waals surface area contributed by atoms with Gasteiger partial charge in [0.1, 0.15) is 6.04 Å². The lowest BCUT2D eigenvalue weighted by molar-refractivity contribution is -0.149. The van der Waals surface area contributed by atoms with Gasteiger partial charge in [-0.3, -0.25) is 14.5 Å². The summed E-state index contributed by atoms with van der Waals surface area (Å²) in [4.78, 5) is 27.7. The van der Waals surface area contributed by atoms with Crippen molar-refractivity contribution in [2.24, 2.45) is 0 Å². The molecule has 0 aromatic rings. The molecule has 0 aliphatic carbocycles. The van der Waals surface area contributed by atoms with Crippen molar-refractivity contribution in [2.75, 3.05) is 46.0 Å². The summed E-state index contributed by atoms with van der Waals surface area (Å²) in [6.07, 6.45) is 1.73. The van der Waals surface area contributed by atoms with Gasteiger partial charge in [0.15, 0.2) is 0 Å². The summed E-state index contributed by atoms with van der Waals surface area (Å²) in [6.45, 7) is 5.80. The van der Waals surface area contributed by atoms with Gasteiger partial charge in [-0.05, 0) is 26.3 Å². The zero-order valence-electron chi connectivity index (χ0n) is 11.5. The van der Waals surface area contributed by atoms with Gasteiger partial charge in [-0.1, -0.05) is 0 Å². The summed E-state index contributed by atoms with van der Waals surface area (Å²) in [5.41, 5.74) is 0. The molecule has 0 aromatic heterocycles. The molecule has 19 heavy (non-hydrogen) atoms. The van der Waals surface area contributed by atoms with Crippen LogP contribution in [0.15, 0.2) is 0 Å². The topological polar surface area (TPSA) is 59.1 Å². The second-order valence-corrected chi connectivity index (χ2v) is 4.87. The second kappa shape index (κ2) is 6.86. The highest BCUT2D eigenvalue weighted by molar-refractivity contribution is 5.81. The fourth-order valence-corrected chi connectivity index (χ4v) is 2.61. The van der Waals surface area contributed by atoms with E-state index < -0.39 is 0 Å². The Morgan fingerprint density at radius 2 is 2.00 bits per heavy atom. The first kappa shape index (κ1) is 14.3. The van der Waals surface area contributed by atoms with Gasteiger partial charge >= 0.3 is 5.97 Å². The standard InChI is InChI=1S/C13H22N2O4/c1-2-19-13(17)11-4-3-5-15(11)10-12(16)14-6-8-18-9-7-14/h11H,2-10H2,1H3. The predicted octanol–water partition coefficient (Wildman–Crippen LogP) is -0.127. The smallest absolute Gasteiger partial charge is 0.323 e. The molecule has 1 atom stereocenters. The van der Waals surface area contributed by atoms with Gasteiger partial charge in [-0.2, -0.15) is 0 Å². The lowest BCUT2D eigenvalue weighted by Gasteiger charge is -2.30. The van der Waals surface area contributed by atoms with E-state index in [2.05, 4.69) is 0 Å². The summed E-state index contributed by atoms with van der Waals surface area (Å²) >= 11 is 0. The van der Waals surface area contributed by atoms with E-state index in [1.807, 2.05) is 9.80 Å². The summed E-state index contributed by atoms with van der Waals surface area (Å²) in [5, 5.41) is 0. The number of likely N-dealkylation sites (tertiary alicyclic amines) is 1. The normalized spacial score (nSPS) is 24.5. The van der Waals surface area contributed by atoms with Crippen molar-refractivity contribution in [1.29, 1.82) is 0 Å². The Morgan fingerprint density at radius 3 is 2.68 bits per heavy atom. The van der Waals surface area contributed by atoms with Crippen LogP contribution in [0.25, 0.3) is 0 Å². The average Bonchev–Trinajstić information content (AvgIpc) is 2.88. The number of amides is 1. The molecule has 2 aliphatic heterocycles. The molecule has 0 N–H and O–H groups in total. The van der Waals surface area contributed by atoms with E-state index in [0.717, 1.165) is 19.4 Å². The third kappa shape index (κ3) is 3.67. The van der Waals surface area contributed by atoms with Gasteiger partial charge in [0.25, 0.3) is 0 Å². The quantitative estimate of drug-likeness (QED) is 0.666. The minimum atomic E-state index is -0.245. The number of esters is 1. The maximum Gasteiger partial charge on any atom is 0.323 e. The molecular weight excluding hydrogens is 248 g/mol. The fourth-order valence-electron chi connectivity index (χ4n) is 2.61. The molecule has 2 aliphatic rings. The van der Waals surface area contributed by atoms with Crippen LogP contribution in [-0.2, 0) is 19.1 Å². The van der Waals surface area contributed by atoms with Crippen molar-refractivity contribution in [2.45, 2.75) is 25.8 Å². The monoisotopic (exact) mass is 270 g/mol. The number of hydrogen-bond acceptors (Lipinski definition) is 5. The zero-order valence-corrected chi connectivity index (χ0v) is 11.5. The summed E-state index contributed by atoms with van der Waals surface area (Å²) < 4.78 is 10.3. The predicted molar refractivity (Wildman–Crippen MR) is 68.6 cm³/mol. The molecule has 0 radical (unpaired) electrons. The van der Waals surface area contributed by atoms with Gasteiger partial charge in [0.05, 0.1) is 26.4 Å². The summed E-state index contributed by atoms with van der Waals surface area (Å²) in [7, 11) is 0. The molecule has 2 heterocycles. The number of rotatable bonds is 4. The number of nitrogens with zero attached hydrogens (tertiary/aromatic N) is 2. The largest absolute Gasteiger partial charge is 0.465 e. The van der Waals surface area contributed by atoms with E-state index in [9.17, 15) is 9.59 Å². The van der Waals surface area contributed by atoms with Crippen LogP contribution < -0.4 is 0 Å². The minimum Gasteiger partial charge on any atom is -0.465 e. The molecule has 0 spiro atoms. The highest BCUT2D eigenvalue weighted by Gasteiger charge is 2.33. The Bertz CT molecular complexity index is 329. The van der Waals surface area contributed by atoms with Gasteiger partial charge in [0, 0.05) is 13.1 Å². The van der Waals surface area contributed by atoms with Crippen LogP contribution in [0.5, 0.6) is 0 Å². The number of carbonyl (C=O) groups excluding carboxylic acids is 2. The van der Waals surface area contributed by atoms with Crippen molar-refractivity contribution < 1.29 is 19.1 Å². The van der Waals surface area contributed by atoms with Gasteiger partial charge in [-0.15, -0.1) is 0 Å². The molecular formula is C13H22N2O4. The molecule has 2 rings (SSSR count). The van der Waals surface area contributed by atoms with Crippen LogP contribution in [0.4, 0.5) is 0 Å². The van der Waals surface area contributed by atoms with Crippen molar-refractivity contribution in [3.63, 3.8) is 0 Å². The molecule has 2 fully saturated rings. The third-order valence-corrected chi connectivity index (χ3v) is 3.62. The highest BCUT2D eigenvalue weighted by Crippen LogP contribution is 2.18. The fraction of sp³-hybridized carbons (Fsp3) is 0.846. The number of carbonyl (C=O) groups is 2. The van der Waals surface area contributed by atoms with E-state index in [4.69, 9.17) is 9.47 Å². The van der Waals surface area contributed by atoms with Crippen LogP contribution in [0.3, 0.4) is 0 Å². The molecule has 1 unspecified atom stereocenters. The van der Waals surface area contributed by atoms with E-state index in [1.165, 1.54) is 0 Å². The van der Waals surface area contributed by atoms with Crippen LogP contribution >= 0.6 is 0 Å². The number of hydrogen-bond donors (Lipinski definition) is 0. The number of ether oxygens (including phenoxy) is 2.